The summed E-state index contributed by atoms with van der Waals surface area (Å²) in [6.07, 6.45) is 8.92. The van der Waals surface area contributed by atoms with E-state index in [1.165, 1.54) is 25.7 Å². The molecule has 1 fully saturated rings. The minimum Gasteiger partial charge on any atom is -0.341 e. The Morgan fingerprint density at radius 2 is 1.93 bits per heavy atom. The smallest absolute Gasteiger partial charge is 0.225 e. The van der Waals surface area contributed by atoms with Crippen LogP contribution in [0.5, 0.6) is 0 Å². The van der Waals surface area contributed by atoms with Crippen molar-refractivity contribution in [1.29, 1.82) is 0 Å². The Kier molecular flexibility index (Phi) is 2.94. The van der Waals surface area contributed by atoms with E-state index in [4.69, 9.17) is 0 Å². The van der Waals surface area contributed by atoms with Gasteiger partial charge in [0.05, 0.1) is 5.56 Å². The van der Waals surface area contributed by atoms with E-state index in [1.54, 1.807) is 12.4 Å². The van der Waals surface area contributed by atoms with E-state index < -0.39 is 0 Å². The Bertz CT molecular complexity index is 330. The van der Waals surface area contributed by atoms with Crippen molar-refractivity contribution in [2.45, 2.75) is 31.7 Å². The maximum atomic E-state index is 10.5. The summed E-state index contributed by atoms with van der Waals surface area (Å²) in [6.45, 7) is 0. The van der Waals surface area contributed by atoms with Crippen LogP contribution < -0.4 is 4.90 Å². The molecule has 0 aromatic carbocycles. The van der Waals surface area contributed by atoms with Crippen molar-refractivity contribution in [1.82, 2.24) is 9.97 Å². The van der Waals surface area contributed by atoms with Crippen LogP contribution in [-0.4, -0.2) is 29.3 Å². The fraction of sp³-hybridized carbons (Fsp3) is 0.545. The van der Waals surface area contributed by atoms with Crippen LogP contribution in [0.15, 0.2) is 12.4 Å². The van der Waals surface area contributed by atoms with Crippen molar-refractivity contribution >= 4 is 12.2 Å². The number of rotatable bonds is 3. The second-order valence-electron chi connectivity index (χ2n) is 3.98. The summed E-state index contributed by atoms with van der Waals surface area (Å²) in [5.41, 5.74) is 0.526. The van der Waals surface area contributed by atoms with Crippen LogP contribution in [0.25, 0.3) is 0 Å². The first-order valence-electron chi connectivity index (χ1n) is 5.31. The number of aldehydes is 1. The van der Waals surface area contributed by atoms with Crippen molar-refractivity contribution in [2.75, 3.05) is 11.9 Å². The number of hydrogen-bond donors (Lipinski definition) is 0. The van der Waals surface area contributed by atoms with Gasteiger partial charge in [-0.1, -0.05) is 12.8 Å². The molecule has 1 aliphatic carbocycles. The predicted octanol–water partition coefficient (Wildman–Crippen LogP) is 1.67. The third-order valence-corrected chi connectivity index (χ3v) is 2.98. The van der Waals surface area contributed by atoms with E-state index in [2.05, 4.69) is 14.9 Å². The van der Waals surface area contributed by atoms with Crippen LogP contribution in [0.3, 0.4) is 0 Å². The highest BCUT2D eigenvalue weighted by Gasteiger charge is 2.21. The molecule has 1 aromatic heterocycles. The molecule has 0 atom stereocenters. The number of carbonyl (C=O) groups excluding carboxylic acids is 1. The van der Waals surface area contributed by atoms with Crippen molar-refractivity contribution in [3.05, 3.63) is 18.0 Å². The molecule has 2 rings (SSSR count). The van der Waals surface area contributed by atoms with Crippen LogP contribution in [0.2, 0.25) is 0 Å². The standard InChI is InChI=1S/C11H15N3O/c1-14(10-4-2-3-5-10)11-12-6-9(8-15)7-13-11/h6-8,10H,2-5H2,1H3. The quantitative estimate of drug-likeness (QED) is 0.704. The van der Waals surface area contributed by atoms with Crippen LogP contribution in [-0.2, 0) is 0 Å². The molecule has 0 aliphatic heterocycles. The molecule has 1 aliphatic rings. The molecule has 0 amide bonds. The molecule has 4 nitrogen and oxygen atoms in total. The molecule has 0 N–H and O–H groups in total. The van der Waals surface area contributed by atoms with Gasteiger partial charge in [0.1, 0.15) is 0 Å². The molecule has 1 saturated carbocycles. The van der Waals surface area contributed by atoms with Crippen molar-refractivity contribution < 1.29 is 4.79 Å². The second kappa shape index (κ2) is 4.38. The van der Waals surface area contributed by atoms with Crippen molar-refractivity contribution in [2.24, 2.45) is 0 Å². The van der Waals surface area contributed by atoms with Crippen LogP contribution in [0, 0.1) is 0 Å². The summed E-state index contributed by atoms with van der Waals surface area (Å²) >= 11 is 0. The first kappa shape index (κ1) is 10.1. The van der Waals surface area contributed by atoms with E-state index in [0.717, 1.165) is 6.29 Å². The number of anilines is 1. The summed E-state index contributed by atoms with van der Waals surface area (Å²) in [5.74, 6) is 0.715. The monoisotopic (exact) mass is 205 g/mol. The van der Waals surface area contributed by atoms with Gasteiger partial charge < -0.3 is 4.90 Å². The van der Waals surface area contributed by atoms with Gasteiger partial charge in [0.2, 0.25) is 5.95 Å². The molecule has 1 heterocycles. The molecule has 0 radical (unpaired) electrons. The zero-order chi connectivity index (χ0) is 10.7. The molecule has 15 heavy (non-hydrogen) atoms. The lowest BCUT2D eigenvalue weighted by Gasteiger charge is -2.23. The average Bonchev–Trinajstić information content (AvgIpc) is 2.82. The topological polar surface area (TPSA) is 46.1 Å². The Morgan fingerprint density at radius 3 is 2.47 bits per heavy atom. The average molecular weight is 205 g/mol. The van der Waals surface area contributed by atoms with Crippen LogP contribution in [0.4, 0.5) is 5.95 Å². The fourth-order valence-corrected chi connectivity index (χ4v) is 2.03. The maximum Gasteiger partial charge on any atom is 0.225 e. The van der Waals surface area contributed by atoms with Gasteiger partial charge in [-0.05, 0) is 12.8 Å². The predicted molar refractivity (Wildman–Crippen MR) is 58.1 cm³/mol. The zero-order valence-corrected chi connectivity index (χ0v) is 8.89. The highest BCUT2D eigenvalue weighted by atomic mass is 16.1. The van der Waals surface area contributed by atoms with Crippen LogP contribution in [0.1, 0.15) is 36.0 Å². The Morgan fingerprint density at radius 1 is 1.33 bits per heavy atom. The van der Waals surface area contributed by atoms with Gasteiger partial charge in [-0.2, -0.15) is 0 Å². The summed E-state index contributed by atoms with van der Waals surface area (Å²) in [4.78, 5) is 20.9. The minimum absolute atomic E-state index is 0.526. The van der Waals surface area contributed by atoms with Gasteiger partial charge in [-0.15, -0.1) is 0 Å². The molecule has 1 aromatic rings. The molecule has 0 spiro atoms. The lowest BCUT2D eigenvalue weighted by atomic mass is 10.2. The lowest BCUT2D eigenvalue weighted by molar-refractivity contribution is 0.112. The minimum atomic E-state index is 0.526. The van der Waals surface area contributed by atoms with Crippen molar-refractivity contribution in [3.63, 3.8) is 0 Å². The number of aromatic nitrogens is 2. The van der Waals surface area contributed by atoms with Gasteiger partial charge in [0.25, 0.3) is 0 Å². The van der Waals surface area contributed by atoms with E-state index in [1.807, 2.05) is 7.05 Å². The maximum absolute atomic E-state index is 10.5. The second-order valence-corrected chi connectivity index (χ2v) is 3.98. The summed E-state index contributed by atoms with van der Waals surface area (Å²) in [6, 6.07) is 0.562. The third-order valence-electron chi connectivity index (χ3n) is 2.98. The number of hydrogen-bond acceptors (Lipinski definition) is 4. The van der Waals surface area contributed by atoms with Gasteiger partial charge >= 0.3 is 0 Å². The van der Waals surface area contributed by atoms with Gasteiger partial charge in [-0.25, -0.2) is 9.97 Å². The molecule has 4 heteroatoms. The first-order valence-corrected chi connectivity index (χ1v) is 5.31. The van der Waals surface area contributed by atoms with Gasteiger partial charge in [0, 0.05) is 25.5 Å². The molecule has 0 saturated heterocycles. The molecule has 80 valence electrons. The summed E-state index contributed by atoms with van der Waals surface area (Å²) in [7, 11) is 2.02. The zero-order valence-electron chi connectivity index (χ0n) is 8.89. The normalized spacial score (nSPS) is 16.6. The molecular formula is C11H15N3O. The molecule has 0 unspecified atom stereocenters. The fourth-order valence-electron chi connectivity index (χ4n) is 2.03. The highest BCUT2D eigenvalue weighted by molar-refractivity contribution is 5.73. The molecular weight excluding hydrogens is 190 g/mol. The summed E-state index contributed by atoms with van der Waals surface area (Å²) in [5, 5.41) is 0. The van der Waals surface area contributed by atoms with Gasteiger partial charge in [-0.3, -0.25) is 4.79 Å². The van der Waals surface area contributed by atoms with E-state index in [0.29, 0.717) is 17.6 Å². The van der Waals surface area contributed by atoms with Crippen LogP contribution >= 0.6 is 0 Å². The Labute approximate surface area is 89.3 Å². The van der Waals surface area contributed by atoms with Crippen molar-refractivity contribution in [3.8, 4) is 0 Å². The first-order chi connectivity index (χ1) is 7.31. The SMILES string of the molecule is CN(c1ncc(C=O)cn1)C1CCCC1. The van der Waals surface area contributed by atoms with E-state index in [9.17, 15) is 4.79 Å². The number of nitrogens with zero attached hydrogens (tertiary/aromatic N) is 3. The third kappa shape index (κ3) is 2.14. The summed E-state index contributed by atoms with van der Waals surface area (Å²) < 4.78 is 0. The largest absolute Gasteiger partial charge is 0.341 e. The lowest BCUT2D eigenvalue weighted by Crippen LogP contribution is -2.30. The number of carbonyl (C=O) groups is 1. The Balaban J connectivity index is 2.10. The highest BCUT2D eigenvalue weighted by Crippen LogP contribution is 2.24. The van der Waals surface area contributed by atoms with Gasteiger partial charge in [0.15, 0.2) is 6.29 Å². The Hall–Kier alpha value is -1.45. The molecule has 0 bridgehead atoms. The van der Waals surface area contributed by atoms with E-state index >= 15 is 0 Å². The van der Waals surface area contributed by atoms with E-state index in [-0.39, 0.29) is 0 Å².